The van der Waals surface area contributed by atoms with E-state index in [4.69, 9.17) is 16.7 Å². The zero-order valence-electron chi connectivity index (χ0n) is 7.94. The predicted octanol–water partition coefficient (Wildman–Crippen LogP) is 1.64. The summed E-state index contributed by atoms with van der Waals surface area (Å²) in [4.78, 5) is 15.2. The molecule has 5 nitrogen and oxygen atoms in total. The molecule has 0 aliphatic carbocycles. The Balaban J connectivity index is 2.82. The topological polar surface area (TPSA) is 67.5 Å². The largest absolute Gasteiger partial charge is 0.476 e. The fourth-order valence-electron chi connectivity index (χ4n) is 1.42. The monoisotopic (exact) mass is 225 g/mol. The molecule has 1 N–H and O–H groups in total. The second-order valence-electron chi connectivity index (χ2n) is 2.99. The quantitative estimate of drug-likeness (QED) is 0.844. The summed E-state index contributed by atoms with van der Waals surface area (Å²) in [7, 11) is 0. The van der Waals surface area contributed by atoms with Gasteiger partial charge < -0.3 is 5.11 Å². The number of fused-ring (bicyclic) bond motifs is 1. The number of aromatic nitrogens is 3. The van der Waals surface area contributed by atoms with E-state index in [0.29, 0.717) is 17.8 Å². The van der Waals surface area contributed by atoms with Gasteiger partial charge in [0.15, 0.2) is 11.3 Å². The molecular weight excluding hydrogens is 218 g/mol. The highest BCUT2D eigenvalue weighted by molar-refractivity contribution is 6.29. The Morgan fingerprint density at radius 1 is 1.60 bits per heavy atom. The van der Waals surface area contributed by atoms with Crippen molar-refractivity contribution in [2.45, 2.75) is 13.3 Å². The van der Waals surface area contributed by atoms with Crippen LogP contribution in [-0.2, 0) is 6.42 Å². The summed E-state index contributed by atoms with van der Waals surface area (Å²) < 4.78 is 1.25. The molecule has 6 heteroatoms. The van der Waals surface area contributed by atoms with Crippen LogP contribution in [0.5, 0.6) is 0 Å². The van der Waals surface area contributed by atoms with Crippen LogP contribution in [0.2, 0.25) is 5.15 Å². The molecule has 2 aromatic rings. The normalized spacial score (nSPS) is 10.8. The van der Waals surface area contributed by atoms with Crippen LogP contribution in [0, 0.1) is 0 Å². The van der Waals surface area contributed by atoms with Crippen molar-refractivity contribution in [1.82, 2.24) is 14.6 Å². The molecule has 0 aliphatic heterocycles. The Morgan fingerprint density at radius 2 is 2.33 bits per heavy atom. The number of carbonyl (C=O) groups is 1. The third-order valence-corrected chi connectivity index (χ3v) is 2.26. The molecule has 2 heterocycles. The van der Waals surface area contributed by atoms with Crippen LogP contribution in [0.25, 0.3) is 5.65 Å². The fourth-order valence-corrected chi connectivity index (χ4v) is 1.56. The number of halogens is 1. The maximum absolute atomic E-state index is 11.0. The van der Waals surface area contributed by atoms with Gasteiger partial charge >= 0.3 is 5.97 Å². The van der Waals surface area contributed by atoms with Gasteiger partial charge in [-0.25, -0.2) is 14.3 Å². The maximum atomic E-state index is 11.0. The number of nitrogens with zero attached hydrogens (tertiary/aromatic N) is 3. The van der Waals surface area contributed by atoms with Gasteiger partial charge in [-0.3, -0.25) is 0 Å². The molecule has 0 aliphatic rings. The van der Waals surface area contributed by atoms with Gasteiger partial charge in [0.05, 0.1) is 5.69 Å². The number of carboxylic acids is 1. The molecule has 0 saturated heterocycles. The smallest absolute Gasteiger partial charge is 0.356 e. The summed E-state index contributed by atoms with van der Waals surface area (Å²) >= 11 is 5.70. The van der Waals surface area contributed by atoms with E-state index < -0.39 is 5.97 Å². The first-order chi connectivity index (χ1) is 7.13. The zero-order chi connectivity index (χ0) is 11.0. The number of aromatic carboxylic acids is 1. The standard InChI is InChI=1S/C9H8ClN3O2/c1-2-5-8(9(14)15)13-7(11-5)4-3-6(10)12-13/h3-4H,2H2,1H3,(H,14,15). The minimum atomic E-state index is -1.05. The number of hydrogen-bond acceptors (Lipinski definition) is 3. The van der Waals surface area contributed by atoms with Crippen LogP contribution in [-0.4, -0.2) is 25.7 Å². The molecular formula is C9H8ClN3O2. The summed E-state index contributed by atoms with van der Waals surface area (Å²) in [5.74, 6) is -1.05. The number of imidazole rings is 1. The average Bonchev–Trinajstić information content (AvgIpc) is 2.55. The lowest BCUT2D eigenvalue weighted by Crippen LogP contribution is -2.07. The second-order valence-corrected chi connectivity index (χ2v) is 3.38. The first-order valence-corrected chi connectivity index (χ1v) is 4.78. The highest BCUT2D eigenvalue weighted by atomic mass is 35.5. The highest BCUT2D eigenvalue weighted by Crippen LogP contribution is 2.14. The van der Waals surface area contributed by atoms with Gasteiger partial charge in [-0.2, -0.15) is 5.10 Å². The number of aryl methyl sites for hydroxylation is 1. The number of carboxylic acid groups (broad SMARTS) is 1. The van der Waals surface area contributed by atoms with E-state index in [0.717, 1.165) is 0 Å². The van der Waals surface area contributed by atoms with Crippen LogP contribution < -0.4 is 0 Å². The first-order valence-electron chi connectivity index (χ1n) is 4.41. The molecule has 0 amide bonds. The third-order valence-electron chi connectivity index (χ3n) is 2.05. The third kappa shape index (κ3) is 1.55. The van der Waals surface area contributed by atoms with Crippen molar-refractivity contribution >= 4 is 23.2 Å². The van der Waals surface area contributed by atoms with Crippen LogP contribution in [0.1, 0.15) is 23.1 Å². The molecule has 0 unspecified atom stereocenters. The lowest BCUT2D eigenvalue weighted by atomic mass is 10.3. The first kappa shape index (κ1) is 9.92. The van der Waals surface area contributed by atoms with Crippen molar-refractivity contribution in [3.8, 4) is 0 Å². The van der Waals surface area contributed by atoms with Crippen molar-refractivity contribution in [3.63, 3.8) is 0 Å². The predicted molar refractivity (Wildman–Crippen MR) is 54.3 cm³/mol. The van der Waals surface area contributed by atoms with Crippen LogP contribution in [0.3, 0.4) is 0 Å². The van der Waals surface area contributed by atoms with Gasteiger partial charge in [0, 0.05) is 0 Å². The van der Waals surface area contributed by atoms with E-state index in [-0.39, 0.29) is 10.8 Å². The molecule has 78 valence electrons. The van der Waals surface area contributed by atoms with Gasteiger partial charge in [0.25, 0.3) is 0 Å². The van der Waals surface area contributed by atoms with E-state index in [1.807, 2.05) is 6.92 Å². The van der Waals surface area contributed by atoms with Crippen molar-refractivity contribution < 1.29 is 9.90 Å². The summed E-state index contributed by atoms with van der Waals surface area (Å²) in [5.41, 5.74) is 1.08. The molecule has 2 aromatic heterocycles. The van der Waals surface area contributed by atoms with E-state index >= 15 is 0 Å². The van der Waals surface area contributed by atoms with Crippen molar-refractivity contribution in [3.05, 3.63) is 28.7 Å². The highest BCUT2D eigenvalue weighted by Gasteiger charge is 2.18. The fraction of sp³-hybridized carbons (Fsp3) is 0.222. The molecule has 0 aromatic carbocycles. The van der Waals surface area contributed by atoms with Crippen LogP contribution in [0.15, 0.2) is 12.1 Å². The van der Waals surface area contributed by atoms with Crippen LogP contribution >= 0.6 is 11.6 Å². The molecule has 0 radical (unpaired) electrons. The van der Waals surface area contributed by atoms with Crippen LogP contribution in [0.4, 0.5) is 0 Å². The SMILES string of the molecule is CCc1nc2ccc(Cl)nn2c1C(=O)O. The number of hydrogen-bond donors (Lipinski definition) is 1. The molecule has 15 heavy (non-hydrogen) atoms. The number of rotatable bonds is 2. The van der Waals surface area contributed by atoms with Crippen molar-refractivity contribution in [2.75, 3.05) is 0 Å². The van der Waals surface area contributed by atoms with Crippen molar-refractivity contribution in [1.29, 1.82) is 0 Å². The van der Waals surface area contributed by atoms with Gasteiger partial charge in [0.1, 0.15) is 5.15 Å². The lowest BCUT2D eigenvalue weighted by Gasteiger charge is -1.96. The van der Waals surface area contributed by atoms with E-state index in [2.05, 4.69) is 10.1 Å². The van der Waals surface area contributed by atoms with Gasteiger partial charge in [-0.1, -0.05) is 18.5 Å². The average molecular weight is 226 g/mol. The van der Waals surface area contributed by atoms with E-state index in [9.17, 15) is 4.79 Å². The summed E-state index contributed by atoms with van der Waals surface area (Å²) in [5, 5.41) is 13.2. The molecule has 0 atom stereocenters. The molecule has 0 fully saturated rings. The lowest BCUT2D eigenvalue weighted by molar-refractivity contribution is 0.0686. The maximum Gasteiger partial charge on any atom is 0.356 e. The molecule has 0 spiro atoms. The Labute approximate surface area is 90.3 Å². The van der Waals surface area contributed by atoms with Gasteiger partial charge in [-0.05, 0) is 18.6 Å². The van der Waals surface area contributed by atoms with E-state index in [1.165, 1.54) is 4.52 Å². The second kappa shape index (κ2) is 3.51. The summed E-state index contributed by atoms with van der Waals surface area (Å²) in [6.45, 7) is 1.84. The minimum Gasteiger partial charge on any atom is -0.476 e. The Kier molecular flexibility index (Phi) is 2.32. The Bertz CT molecular complexity index is 535. The molecule has 2 rings (SSSR count). The zero-order valence-corrected chi connectivity index (χ0v) is 8.69. The molecule has 0 bridgehead atoms. The summed E-state index contributed by atoms with van der Waals surface area (Å²) in [6, 6.07) is 3.22. The Hall–Kier alpha value is -1.62. The minimum absolute atomic E-state index is 0.0787. The summed E-state index contributed by atoms with van der Waals surface area (Å²) in [6.07, 6.45) is 0.544. The molecule has 0 saturated carbocycles. The Morgan fingerprint density at radius 3 is 2.93 bits per heavy atom. The van der Waals surface area contributed by atoms with Crippen molar-refractivity contribution in [2.24, 2.45) is 0 Å². The van der Waals surface area contributed by atoms with E-state index in [1.54, 1.807) is 12.1 Å². The van der Waals surface area contributed by atoms with Gasteiger partial charge in [-0.15, -0.1) is 0 Å². The van der Waals surface area contributed by atoms with Gasteiger partial charge in [0.2, 0.25) is 0 Å².